The molecule has 3 atom stereocenters. The van der Waals surface area contributed by atoms with Crippen molar-refractivity contribution in [2.24, 2.45) is 5.92 Å². The molecule has 4 nitrogen and oxygen atoms in total. The quantitative estimate of drug-likeness (QED) is 0.833. The molecule has 1 aliphatic carbocycles. The Bertz CT molecular complexity index is 658. The fourth-order valence-corrected chi connectivity index (χ4v) is 3.88. The van der Waals surface area contributed by atoms with Gasteiger partial charge in [0, 0.05) is 31.8 Å². The van der Waals surface area contributed by atoms with Gasteiger partial charge in [0.25, 0.3) is 0 Å². The first-order chi connectivity index (χ1) is 11.5. The van der Waals surface area contributed by atoms with Crippen molar-refractivity contribution in [1.29, 1.82) is 0 Å². The topological polar surface area (TPSA) is 38.8 Å². The van der Waals surface area contributed by atoms with Crippen LogP contribution < -0.4 is 0 Å². The van der Waals surface area contributed by atoms with Crippen molar-refractivity contribution in [2.75, 3.05) is 19.7 Å². The van der Waals surface area contributed by atoms with Crippen molar-refractivity contribution in [1.82, 2.24) is 4.90 Å². The summed E-state index contributed by atoms with van der Waals surface area (Å²) in [5.74, 6) is -1.84. The van der Waals surface area contributed by atoms with Gasteiger partial charge in [-0.25, -0.2) is 8.78 Å². The van der Waals surface area contributed by atoms with Crippen molar-refractivity contribution in [2.45, 2.75) is 44.0 Å². The summed E-state index contributed by atoms with van der Waals surface area (Å²) in [5.41, 5.74) is 0.318. The van der Waals surface area contributed by atoms with E-state index in [-0.39, 0.29) is 23.8 Å². The number of nitrogens with zero attached hydrogens (tertiary/aromatic N) is 1. The molecule has 1 saturated carbocycles. The lowest BCUT2D eigenvalue weighted by Gasteiger charge is -2.38. The molecule has 0 N–H and O–H groups in total. The van der Waals surface area contributed by atoms with Crippen molar-refractivity contribution < 1.29 is 23.0 Å². The van der Waals surface area contributed by atoms with Crippen LogP contribution in [0.2, 0.25) is 0 Å². The third kappa shape index (κ3) is 2.82. The summed E-state index contributed by atoms with van der Waals surface area (Å²) >= 11 is 0. The summed E-state index contributed by atoms with van der Waals surface area (Å²) in [6.45, 7) is 3.74. The Kier molecular flexibility index (Phi) is 3.84. The van der Waals surface area contributed by atoms with Gasteiger partial charge in [0.15, 0.2) is 5.79 Å². The Labute approximate surface area is 139 Å². The highest BCUT2D eigenvalue weighted by Gasteiger charge is 2.49. The smallest absolute Gasteiger partial charge is 0.226 e. The summed E-state index contributed by atoms with van der Waals surface area (Å²) < 4.78 is 38.8. The van der Waals surface area contributed by atoms with Crippen LogP contribution in [0.5, 0.6) is 0 Å². The highest BCUT2D eigenvalue weighted by Crippen LogP contribution is 2.50. The van der Waals surface area contributed by atoms with E-state index in [0.29, 0.717) is 44.5 Å². The van der Waals surface area contributed by atoms with Crippen LogP contribution in [-0.2, 0) is 14.3 Å². The zero-order valence-corrected chi connectivity index (χ0v) is 13.6. The second-order valence-corrected chi connectivity index (χ2v) is 7.09. The van der Waals surface area contributed by atoms with Crippen LogP contribution in [0.1, 0.15) is 37.7 Å². The van der Waals surface area contributed by atoms with Gasteiger partial charge in [0.05, 0.1) is 12.7 Å². The van der Waals surface area contributed by atoms with E-state index in [9.17, 15) is 13.6 Å². The third-order valence-electron chi connectivity index (χ3n) is 5.30. The Balaban J connectivity index is 1.37. The Morgan fingerprint density at radius 3 is 2.71 bits per heavy atom. The summed E-state index contributed by atoms with van der Waals surface area (Å²) in [4.78, 5) is 14.4. The van der Waals surface area contributed by atoms with Gasteiger partial charge in [0.1, 0.15) is 11.6 Å². The Hall–Kier alpha value is -1.53. The maximum Gasteiger partial charge on any atom is 0.226 e. The predicted octanol–water partition coefficient (Wildman–Crippen LogP) is 2.82. The van der Waals surface area contributed by atoms with Crippen molar-refractivity contribution in [3.05, 3.63) is 35.4 Å². The molecule has 1 spiro atoms. The van der Waals surface area contributed by atoms with E-state index in [1.54, 1.807) is 0 Å². The lowest BCUT2D eigenvalue weighted by molar-refractivity contribution is -0.195. The van der Waals surface area contributed by atoms with Gasteiger partial charge in [0.2, 0.25) is 5.91 Å². The molecule has 130 valence electrons. The van der Waals surface area contributed by atoms with Gasteiger partial charge in [-0.2, -0.15) is 0 Å². The van der Waals surface area contributed by atoms with Gasteiger partial charge in [-0.1, -0.05) is 0 Å². The maximum absolute atomic E-state index is 13.9. The average molecular weight is 337 g/mol. The van der Waals surface area contributed by atoms with E-state index >= 15 is 0 Å². The van der Waals surface area contributed by atoms with Crippen LogP contribution in [0.4, 0.5) is 8.78 Å². The number of amides is 1. The van der Waals surface area contributed by atoms with Crippen LogP contribution in [0.15, 0.2) is 18.2 Å². The highest BCUT2D eigenvalue weighted by atomic mass is 19.1. The standard InChI is InChI=1S/C18H21F2NO3/c1-11-10-23-18(24-11)4-6-21(7-5-18)17(22)15-9-13(15)14-8-12(19)2-3-16(14)20/h2-3,8,11,13,15H,4-7,9-10H2,1H3/t11-,13-,15+/m1/s1. The molecule has 1 aromatic rings. The number of carbonyl (C=O) groups is 1. The number of hydrogen-bond acceptors (Lipinski definition) is 3. The van der Waals surface area contributed by atoms with E-state index in [2.05, 4.69) is 0 Å². The number of ether oxygens (including phenoxy) is 2. The van der Waals surface area contributed by atoms with Gasteiger partial charge in [-0.3, -0.25) is 4.79 Å². The minimum Gasteiger partial charge on any atom is -0.347 e. The van der Waals surface area contributed by atoms with E-state index in [0.717, 1.165) is 12.1 Å². The normalized spacial score (nSPS) is 31.5. The summed E-state index contributed by atoms with van der Waals surface area (Å²) in [7, 11) is 0. The molecule has 2 heterocycles. The predicted molar refractivity (Wildman–Crippen MR) is 82.3 cm³/mol. The van der Waals surface area contributed by atoms with Gasteiger partial charge in [-0.15, -0.1) is 0 Å². The van der Waals surface area contributed by atoms with Crippen LogP contribution in [0, 0.1) is 17.6 Å². The lowest BCUT2D eigenvalue weighted by atomic mass is 10.0. The van der Waals surface area contributed by atoms with Crippen molar-refractivity contribution in [3.63, 3.8) is 0 Å². The minimum absolute atomic E-state index is 0.0320. The average Bonchev–Trinajstić information content (AvgIpc) is 3.28. The first kappa shape index (κ1) is 16.0. The van der Waals surface area contributed by atoms with Crippen LogP contribution in [0.25, 0.3) is 0 Å². The zero-order valence-electron chi connectivity index (χ0n) is 13.6. The number of rotatable bonds is 2. The SMILES string of the molecule is C[C@@H]1COC2(CCN(C(=O)[C@H]3C[C@@H]3c3cc(F)ccc3F)CC2)O1. The zero-order chi connectivity index (χ0) is 16.9. The summed E-state index contributed by atoms with van der Waals surface area (Å²) in [6.07, 6.45) is 2.00. The molecule has 1 amide bonds. The second-order valence-electron chi connectivity index (χ2n) is 7.09. The van der Waals surface area contributed by atoms with Crippen LogP contribution >= 0.6 is 0 Å². The number of hydrogen-bond donors (Lipinski definition) is 0. The van der Waals surface area contributed by atoms with E-state index in [1.165, 1.54) is 6.07 Å². The fraction of sp³-hybridized carbons (Fsp3) is 0.611. The molecule has 0 aromatic heterocycles. The van der Waals surface area contributed by atoms with E-state index in [4.69, 9.17) is 9.47 Å². The molecule has 1 aromatic carbocycles. The largest absolute Gasteiger partial charge is 0.347 e. The Morgan fingerprint density at radius 1 is 1.29 bits per heavy atom. The summed E-state index contributed by atoms with van der Waals surface area (Å²) in [5, 5.41) is 0. The highest BCUT2D eigenvalue weighted by molar-refractivity contribution is 5.83. The van der Waals surface area contributed by atoms with Crippen molar-refractivity contribution in [3.8, 4) is 0 Å². The lowest BCUT2D eigenvalue weighted by Crippen LogP contribution is -2.48. The molecule has 24 heavy (non-hydrogen) atoms. The Morgan fingerprint density at radius 2 is 2.04 bits per heavy atom. The number of carbonyl (C=O) groups excluding carboxylic acids is 1. The molecule has 0 radical (unpaired) electrons. The van der Waals surface area contributed by atoms with E-state index < -0.39 is 17.4 Å². The van der Waals surface area contributed by atoms with E-state index in [1.807, 2.05) is 11.8 Å². The first-order valence-electron chi connectivity index (χ1n) is 8.53. The number of benzene rings is 1. The molecule has 0 bridgehead atoms. The van der Waals surface area contributed by atoms with Gasteiger partial charge in [-0.05, 0) is 43.0 Å². The molecule has 6 heteroatoms. The van der Waals surface area contributed by atoms with Crippen LogP contribution in [0.3, 0.4) is 0 Å². The molecule has 3 aliphatic rings. The molecule has 3 fully saturated rings. The fourth-order valence-electron chi connectivity index (χ4n) is 3.88. The molecular formula is C18H21F2NO3. The molecule has 2 saturated heterocycles. The van der Waals surface area contributed by atoms with Gasteiger partial charge >= 0.3 is 0 Å². The number of likely N-dealkylation sites (tertiary alicyclic amines) is 1. The monoisotopic (exact) mass is 337 g/mol. The summed E-state index contributed by atoms with van der Waals surface area (Å²) in [6, 6.07) is 3.44. The molecule has 0 unspecified atom stereocenters. The molecular weight excluding hydrogens is 316 g/mol. The molecule has 2 aliphatic heterocycles. The number of halogens is 2. The maximum atomic E-state index is 13.9. The minimum atomic E-state index is -0.534. The van der Waals surface area contributed by atoms with Crippen LogP contribution in [-0.4, -0.2) is 42.4 Å². The second kappa shape index (κ2) is 5.77. The third-order valence-corrected chi connectivity index (χ3v) is 5.30. The van der Waals surface area contributed by atoms with Gasteiger partial charge < -0.3 is 14.4 Å². The first-order valence-corrected chi connectivity index (χ1v) is 8.53. The number of piperidine rings is 1. The van der Waals surface area contributed by atoms with Crippen molar-refractivity contribution >= 4 is 5.91 Å². The molecule has 4 rings (SSSR count).